The van der Waals surface area contributed by atoms with E-state index in [-0.39, 0.29) is 22.5 Å². The molecule has 3 unspecified atom stereocenters. The monoisotopic (exact) mass is 326 g/mol. The number of phenols is 1. The van der Waals surface area contributed by atoms with Crippen LogP contribution in [-0.4, -0.2) is 31.5 Å². The Hall–Kier alpha value is -1.21. The van der Waals surface area contributed by atoms with E-state index in [1.807, 2.05) is 23.5 Å². The molecule has 1 aliphatic rings. The second-order valence-corrected chi connectivity index (χ2v) is 7.99. The van der Waals surface area contributed by atoms with E-state index >= 15 is 0 Å². The molecule has 0 saturated carbocycles. The Morgan fingerprint density at radius 3 is 2.86 bits per heavy atom. The van der Waals surface area contributed by atoms with Gasteiger partial charge in [-0.25, -0.2) is 4.39 Å². The first-order valence-corrected chi connectivity index (χ1v) is 8.63. The maximum Gasteiger partial charge on any atom is 0.260 e. The number of phenolic OH excluding ortho intramolecular Hbond substituents is 1. The first-order valence-electron chi connectivity index (χ1n) is 6.64. The summed E-state index contributed by atoms with van der Waals surface area (Å²) in [6.07, 6.45) is 0. The number of thioether (sulfide) groups is 2. The molecule has 1 aromatic heterocycles. The van der Waals surface area contributed by atoms with Gasteiger partial charge in [0.05, 0.1) is 10.8 Å². The highest BCUT2D eigenvalue weighted by molar-refractivity contribution is 8.07. The van der Waals surface area contributed by atoms with E-state index in [0.29, 0.717) is 16.3 Å². The average molecular weight is 326 g/mol. The zero-order chi connectivity index (χ0) is 15.0. The summed E-state index contributed by atoms with van der Waals surface area (Å²) < 4.78 is 19.0. The van der Waals surface area contributed by atoms with Crippen molar-refractivity contribution in [1.29, 1.82) is 0 Å². The number of rotatable bonds is 2. The quantitative estimate of drug-likeness (QED) is 0.904. The van der Waals surface area contributed by atoms with Crippen LogP contribution in [0, 0.1) is 5.82 Å². The van der Waals surface area contributed by atoms with Crippen LogP contribution in [0.1, 0.15) is 24.9 Å². The van der Waals surface area contributed by atoms with Gasteiger partial charge in [-0.2, -0.15) is 16.7 Å². The van der Waals surface area contributed by atoms with Crippen LogP contribution in [0.4, 0.5) is 4.39 Å². The molecule has 0 radical (unpaired) electrons. The molecule has 1 aromatic carbocycles. The molecular formula is C14H15FN2O2S2. The van der Waals surface area contributed by atoms with Gasteiger partial charge >= 0.3 is 0 Å². The van der Waals surface area contributed by atoms with Crippen molar-refractivity contribution in [2.75, 3.05) is 5.75 Å². The van der Waals surface area contributed by atoms with Crippen LogP contribution < -0.4 is 0 Å². The Morgan fingerprint density at radius 2 is 2.14 bits per heavy atom. The van der Waals surface area contributed by atoms with Crippen molar-refractivity contribution in [1.82, 2.24) is 10.1 Å². The lowest BCUT2D eigenvalue weighted by Crippen LogP contribution is -2.22. The fraction of sp³-hybridized carbons (Fsp3) is 0.429. The van der Waals surface area contributed by atoms with E-state index < -0.39 is 5.82 Å². The standard InChI is InChI=1S/C14H15FN2O2S2/c1-7-8(2)21-12(6-20-7)13-16-14(19-17-13)10-4-3-9(18)5-11(10)15/h3-5,7-8,12,18H,6H2,1-2H3. The number of halogens is 1. The Bertz CT molecular complexity index is 650. The van der Waals surface area contributed by atoms with Crippen LogP contribution in [0.3, 0.4) is 0 Å². The topological polar surface area (TPSA) is 59.2 Å². The Labute approximate surface area is 130 Å². The van der Waals surface area contributed by atoms with Crippen molar-refractivity contribution in [3.05, 3.63) is 29.8 Å². The zero-order valence-corrected chi connectivity index (χ0v) is 13.2. The van der Waals surface area contributed by atoms with E-state index in [4.69, 9.17) is 4.52 Å². The third-order valence-electron chi connectivity index (χ3n) is 3.46. The van der Waals surface area contributed by atoms with Gasteiger partial charge in [-0.3, -0.25) is 0 Å². The van der Waals surface area contributed by atoms with Gasteiger partial charge in [0.25, 0.3) is 5.89 Å². The van der Waals surface area contributed by atoms with E-state index in [0.717, 1.165) is 11.8 Å². The van der Waals surface area contributed by atoms with Crippen LogP contribution in [0.2, 0.25) is 0 Å². The Kier molecular flexibility index (Phi) is 4.12. The normalized spacial score (nSPS) is 26.0. The number of hydrogen-bond donors (Lipinski definition) is 1. The van der Waals surface area contributed by atoms with Crippen molar-refractivity contribution in [3.63, 3.8) is 0 Å². The Morgan fingerprint density at radius 1 is 1.33 bits per heavy atom. The number of benzene rings is 1. The fourth-order valence-electron chi connectivity index (χ4n) is 2.07. The molecule has 2 heterocycles. The van der Waals surface area contributed by atoms with Crippen LogP contribution in [0.15, 0.2) is 22.7 Å². The molecule has 112 valence electrons. The van der Waals surface area contributed by atoms with E-state index in [1.165, 1.54) is 12.1 Å². The molecule has 4 nitrogen and oxygen atoms in total. The molecule has 2 aromatic rings. The lowest BCUT2D eigenvalue weighted by Gasteiger charge is -2.29. The van der Waals surface area contributed by atoms with Gasteiger partial charge < -0.3 is 9.63 Å². The first kappa shape index (κ1) is 14.7. The molecule has 1 aliphatic heterocycles. The van der Waals surface area contributed by atoms with Crippen molar-refractivity contribution in [2.45, 2.75) is 29.6 Å². The van der Waals surface area contributed by atoms with Gasteiger partial charge in [0.15, 0.2) is 5.82 Å². The number of aromatic hydroxyl groups is 1. The third-order valence-corrected chi connectivity index (χ3v) is 6.85. The van der Waals surface area contributed by atoms with E-state index in [1.54, 1.807) is 0 Å². The number of aromatic nitrogens is 2. The predicted molar refractivity (Wildman–Crippen MR) is 83.1 cm³/mol. The van der Waals surface area contributed by atoms with Crippen LogP contribution in [0.25, 0.3) is 11.5 Å². The lowest BCUT2D eigenvalue weighted by molar-refractivity contribution is 0.420. The van der Waals surface area contributed by atoms with Crippen molar-refractivity contribution < 1.29 is 14.0 Å². The summed E-state index contributed by atoms with van der Waals surface area (Å²) in [7, 11) is 0. The van der Waals surface area contributed by atoms with Gasteiger partial charge in [0.2, 0.25) is 0 Å². The molecule has 0 spiro atoms. The average Bonchev–Trinajstić information content (AvgIpc) is 2.91. The molecule has 3 rings (SSSR count). The summed E-state index contributed by atoms with van der Waals surface area (Å²) in [4.78, 5) is 4.32. The molecular weight excluding hydrogens is 311 g/mol. The minimum absolute atomic E-state index is 0.127. The van der Waals surface area contributed by atoms with Gasteiger partial charge in [-0.15, -0.1) is 11.8 Å². The summed E-state index contributed by atoms with van der Waals surface area (Å²) in [5, 5.41) is 14.5. The molecule has 21 heavy (non-hydrogen) atoms. The van der Waals surface area contributed by atoms with Gasteiger partial charge in [0, 0.05) is 22.3 Å². The highest BCUT2D eigenvalue weighted by Crippen LogP contribution is 2.43. The second kappa shape index (κ2) is 5.88. The smallest absolute Gasteiger partial charge is 0.260 e. The van der Waals surface area contributed by atoms with Crippen LogP contribution >= 0.6 is 23.5 Å². The van der Waals surface area contributed by atoms with Gasteiger partial charge in [-0.1, -0.05) is 19.0 Å². The SMILES string of the molecule is CC1SCC(c2noc(-c3ccc(O)cc3F)n2)SC1C. The van der Waals surface area contributed by atoms with Crippen LogP contribution in [-0.2, 0) is 0 Å². The molecule has 1 saturated heterocycles. The number of nitrogens with zero attached hydrogens (tertiary/aromatic N) is 2. The molecule has 0 amide bonds. The first-order chi connectivity index (χ1) is 10.0. The summed E-state index contributed by atoms with van der Waals surface area (Å²) in [5.41, 5.74) is 0.210. The predicted octanol–water partition coefficient (Wildman–Crippen LogP) is 3.88. The zero-order valence-electron chi connectivity index (χ0n) is 11.6. The molecule has 3 atom stereocenters. The maximum absolute atomic E-state index is 13.8. The molecule has 0 bridgehead atoms. The van der Waals surface area contributed by atoms with E-state index in [9.17, 15) is 9.50 Å². The van der Waals surface area contributed by atoms with Crippen molar-refractivity contribution in [3.8, 4) is 17.2 Å². The molecule has 0 aliphatic carbocycles. The van der Waals surface area contributed by atoms with Gasteiger partial charge in [0.1, 0.15) is 11.6 Å². The van der Waals surface area contributed by atoms with Crippen molar-refractivity contribution >= 4 is 23.5 Å². The summed E-state index contributed by atoms with van der Waals surface area (Å²) in [6, 6.07) is 3.88. The Balaban J connectivity index is 1.83. The number of hydrogen-bond acceptors (Lipinski definition) is 6. The minimum Gasteiger partial charge on any atom is -0.508 e. The summed E-state index contributed by atoms with van der Waals surface area (Å²) in [6.45, 7) is 4.40. The maximum atomic E-state index is 13.8. The third kappa shape index (κ3) is 3.03. The molecule has 7 heteroatoms. The van der Waals surface area contributed by atoms with Gasteiger partial charge in [-0.05, 0) is 12.1 Å². The largest absolute Gasteiger partial charge is 0.508 e. The van der Waals surface area contributed by atoms with Crippen LogP contribution in [0.5, 0.6) is 5.75 Å². The second-order valence-electron chi connectivity index (χ2n) is 4.99. The fourth-order valence-corrected chi connectivity index (χ4v) is 4.91. The molecule has 1 N–H and O–H groups in total. The summed E-state index contributed by atoms with van der Waals surface area (Å²) in [5.74, 6) is 0.983. The minimum atomic E-state index is -0.571. The highest BCUT2D eigenvalue weighted by Gasteiger charge is 2.30. The molecule has 1 fully saturated rings. The van der Waals surface area contributed by atoms with E-state index in [2.05, 4.69) is 24.0 Å². The van der Waals surface area contributed by atoms with Crippen molar-refractivity contribution in [2.24, 2.45) is 0 Å². The lowest BCUT2D eigenvalue weighted by atomic mass is 10.2. The summed E-state index contributed by atoms with van der Waals surface area (Å²) >= 11 is 3.71. The highest BCUT2D eigenvalue weighted by atomic mass is 32.2.